The Morgan fingerprint density at radius 2 is 2.08 bits per heavy atom. The van der Waals surface area contributed by atoms with Gasteiger partial charge in [0.15, 0.2) is 0 Å². The third-order valence-corrected chi connectivity index (χ3v) is 3.85. The van der Waals surface area contributed by atoms with Gasteiger partial charge in [-0.15, -0.1) is 0 Å². The number of carbonyl (C=O) groups is 1. The Hall–Kier alpha value is -3.02. The second-order valence-corrected chi connectivity index (χ2v) is 5.47. The molecule has 0 fully saturated rings. The SMILES string of the molecule is COc1ccccc1NC(=O)NCCc1cn(C)c2ncccc12. The molecule has 0 aliphatic heterocycles. The van der Waals surface area contributed by atoms with Gasteiger partial charge in [0.25, 0.3) is 0 Å². The summed E-state index contributed by atoms with van der Waals surface area (Å²) < 4.78 is 7.22. The van der Waals surface area contributed by atoms with Gasteiger partial charge in [-0.2, -0.15) is 0 Å². The molecular weight excluding hydrogens is 304 g/mol. The van der Waals surface area contributed by atoms with Crippen molar-refractivity contribution in [3.8, 4) is 5.75 Å². The van der Waals surface area contributed by atoms with Crippen LogP contribution in [0.25, 0.3) is 11.0 Å². The lowest BCUT2D eigenvalue weighted by Gasteiger charge is -2.10. The van der Waals surface area contributed by atoms with E-state index in [-0.39, 0.29) is 6.03 Å². The number of pyridine rings is 1. The molecule has 3 rings (SSSR count). The number of carbonyl (C=O) groups excluding carboxylic acids is 1. The first-order chi connectivity index (χ1) is 11.7. The number of nitrogens with zero attached hydrogens (tertiary/aromatic N) is 2. The van der Waals surface area contributed by atoms with E-state index in [9.17, 15) is 4.79 Å². The molecule has 2 aromatic heterocycles. The summed E-state index contributed by atoms with van der Waals surface area (Å²) in [5.41, 5.74) is 2.76. The number of hydrogen-bond donors (Lipinski definition) is 2. The number of amides is 2. The number of aryl methyl sites for hydroxylation is 1. The van der Waals surface area contributed by atoms with E-state index in [1.807, 2.05) is 35.9 Å². The van der Waals surface area contributed by atoms with Crippen LogP contribution in [-0.2, 0) is 13.5 Å². The van der Waals surface area contributed by atoms with Crippen molar-refractivity contribution in [2.24, 2.45) is 7.05 Å². The lowest BCUT2D eigenvalue weighted by atomic mass is 10.1. The molecular formula is C18H20N4O2. The van der Waals surface area contributed by atoms with Crippen LogP contribution < -0.4 is 15.4 Å². The van der Waals surface area contributed by atoms with E-state index < -0.39 is 0 Å². The van der Waals surface area contributed by atoms with Crippen molar-refractivity contribution < 1.29 is 9.53 Å². The van der Waals surface area contributed by atoms with E-state index in [1.165, 1.54) is 0 Å². The quantitative estimate of drug-likeness (QED) is 0.758. The molecule has 0 radical (unpaired) electrons. The molecule has 0 aliphatic carbocycles. The Labute approximate surface area is 140 Å². The molecule has 0 bridgehead atoms. The van der Waals surface area contributed by atoms with E-state index in [4.69, 9.17) is 4.74 Å². The van der Waals surface area contributed by atoms with E-state index in [0.717, 1.165) is 23.0 Å². The number of ether oxygens (including phenoxy) is 1. The van der Waals surface area contributed by atoms with Crippen LogP contribution in [0.15, 0.2) is 48.8 Å². The van der Waals surface area contributed by atoms with Crippen LogP contribution >= 0.6 is 0 Å². The third kappa shape index (κ3) is 3.32. The van der Waals surface area contributed by atoms with Crippen LogP contribution in [0.1, 0.15) is 5.56 Å². The maximum Gasteiger partial charge on any atom is 0.319 e. The van der Waals surface area contributed by atoms with Gasteiger partial charge in [-0.05, 0) is 36.2 Å². The molecule has 0 saturated carbocycles. The summed E-state index contributed by atoms with van der Waals surface area (Å²) in [5, 5.41) is 6.78. The average molecular weight is 324 g/mol. The first-order valence-electron chi connectivity index (χ1n) is 7.76. The van der Waals surface area contributed by atoms with Crippen molar-refractivity contribution >= 4 is 22.8 Å². The van der Waals surface area contributed by atoms with Crippen molar-refractivity contribution in [1.82, 2.24) is 14.9 Å². The second-order valence-electron chi connectivity index (χ2n) is 5.47. The van der Waals surface area contributed by atoms with E-state index >= 15 is 0 Å². The normalized spacial score (nSPS) is 10.6. The van der Waals surface area contributed by atoms with Crippen molar-refractivity contribution in [3.63, 3.8) is 0 Å². The summed E-state index contributed by atoms with van der Waals surface area (Å²) in [6.07, 6.45) is 4.57. The van der Waals surface area contributed by atoms with E-state index in [1.54, 1.807) is 25.4 Å². The molecule has 0 saturated heterocycles. The molecule has 0 unspecified atom stereocenters. The maximum absolute atomic E-state index is 12.0. The van der Waals surface area contributed by atoms with Crippen LogP contribution in [0.4, 0.5) is 10.5 Å². The standard InChI is InChI=1S/C18H20N4O2/c1-22-12-13(14-6-5-10-19-17(14)22)9-11-20-18(23)21-15-7-3-4-8-16(15)24-2/h3-8,10,12H,9,11H2,1-2H3,(H2,20,21,23). The minimum absolute atomic E-state index is 0.252. The molecule has 124 valence electrons. The van der Waals surface area contributed by atoms with Crippen LogP contribution in [0.3, 0.4) is 0 Å². The molecule has 2 heterocycles. The molecule has 0 aliphatic rings. The monoisotopic (exact) mass is 324 g/mol. The Bertz CT molecular complexity index is 857. The molecule has 2 amide bonds. The number of rotatable bonds is 5. The van der Waals surface area contributed by atoms with Crippen LogP contribution in [0.2, 0.25) is 0 Å². The molecule has 6 heteroatoms. The largest absolute Gasteiger partial charge is 0.495 e. The number of hydrogen-bond acceptors (Lipinski definition) is 3. The van der Waals surface area contributed by atoms with Gasteiger partial charge in [0.2, 0.25) is 0 Å². The van der Waals surface area contributed by atoms with Crippen molar-refractivity contribution in [2.75, 3.05) is 19.0 Å². The zero-order valence-electron chi connectivity index (χ0n) is 13.7. The second kappa shape index (κ2) is 7.04. The summed E-state index contributed by atoms with van der Waals surface area (Å²) >= 11 is 0. The molecule has 0 atom stereocenters. The third-order valence-electron chi connectivity index (χ3n) is 3.85. The predicted octanol–water partition coefficient (Wildman–Crippen LogP) is 2.95. The molecule has 0 spiro atoms. The highest BCUT2D eigenvalue weighted by molar-refractivity contribution is 5.91. The molecule has 6 nitrogen and oxygen atoms in total. The molecule has 1 aromatic carbocycles. The number of fused-ring (bicyclic) bond motifs is 1. The molecule has 3 aromatic rings. The van der Waals surface area contributed by atoms with Gasteiger partial charge < -0.3 is 19.9 Å². The highest BCUT2D eigenvalue weighted by Gasteiger charge is 2.09. The first-order valence-corrected chi connectivity index (χ1v) is 7.76. The summed E-state index contributed by atoms with van der Waals surface area (Å²) in [6, 6.07) is 11.0. The highest BCUT2D eigenvalue weighted by Crippen LogP contribution is 2.22. The fraction of sp³-hybridized carbons (Fsp3) is 0.222. The lowest BCUT2D eigenvalue weighted by molar-refractivity contribution is 0.252. The van der Waals surface area contributed by atoms with Gasteiger partial charge in [0.1, 0.15) is 11.4 Å². The smallest absolute Gasteiger partial charge is 0.319 e. The summed E-state index contributed by atoms with van der Waals surface area (Å²) in [6.45, 7) is 0.537. The number of nitrogens with one attached hydrogen (secondary N) is 2. The number of benzene rings is 1. The van der Waals surface area contributed by atoms with Crippen molar-refractivity contribution in [3.05, 3.63) is 54.4 Å². The molecule has 2 N–H and O–H groups in total. The zero-order valence-corrected chi connectivity index (χ0v) is 13.7. The van der Waals surface area contributed by atoms with Crippen LogP contribution in [-0.4, -0.2) is 29.2 Å². The summed E-state index contributed by atoms with van der Waals surface area (Å²) in [7, 11) is 3.55. The highest BCUT2D eigenvalue weighted by atomic mass is 16.5. The lowest BCUT2D eigenvalue weighted by Crippen LogP contribution is -2.30. The average Bonchev–Trinajstić information content (AvgIpc) is 2.92. The van der Waals surface area contributed by atoms with Gasteiger partial charge in [0, 0.05) is 31.4 Å². The van der Waals surface area contributed by atoms with Crippen molar-refractivity contribution in [1.29, 1.82) is 0 Å². The minimum Gasteiger partial charge on any atom is -0.495 e. The molecule has 24 heavy (non-hydrogen) atoms. The van der Waals surface area contributed by atoms with Gasteiger partial charge in [0.05, 0.1) is 12.8 Å². The fourth-order valence-corrected chi connectivity index (χ4v) is 2.72. The van der Waals surface area contributed by atoms with Crippen LogP contribution in [0.5, 0.6) is 5.75 Å². The van der Waals surface area contributed by atoms with Crippen molar-refractivity contribution in [2.45, 2.75) is 6.42 Å². The summed E-state index contributed by atoms with van der Waals surface area (Å²) in [4.78, 5) is 16.4. The predicted molar refractivity (Wildman–Crippen MR) is 94.4 cm³/mol. The van der Waals surface area contributed by atoms with Gasteiger partial charge >= 0.3 is 6.03 Å². The Kier molecular flexibility index (Phi) is 4.65. The van der Waals surface area contributed by atoms with E-state index in [0.29, 0.717) is 18.0 Å². The Morgan fingerprint density at radius 1 is 1.25 bits per heavy atom. The van der Waals surface area contributed by atoms with E-state index in [2.05, 4.69) is 21.8 Å². The maximum atomic E-state index is 12.0. The number of aromatic nitrogens is 2. The van der Waals surface area contributed by atoms with Gasteiger partial charge in [-0.1, -0.05) is 12.1 Å². The summed E-state index contributed by atoms with van der Waals surface area (Å²) in [5.74, 6) is 0.632. The number of methoxy groups -OCH3 is 1. The minimum atomic E-state index is -0.252. The topological polar surface area (TPSA) is 68.2 Å². The zero-order chi connectivity index (χ0) is 16.9. The number of para-hydroxylation sites is 2. The fourth-order valence-electron chi connectivity index (χ4n) is 2.72. The Morgan fingerprint density at radius 3 is 2.92 bits per heavy atom. The Balaban J connectivity index is 1.59. The number of anilines is 1. The van der Waals surface area contributed by atoms with Gasteiger partial charge in [-0.25, -0.2) is 9.78 Å². The number of urea groups is 1. The first kappa shape index (κ1) is 15.9. The van der Waals surface area contributed by atoms with Gasteiger partial charge in [-0.3, -0.25) is 0 Å². The van der Waals surface area contributed by atoms with Crippen LogP contribution in [0, 0.1) is 0 Å².